The van der Waals surface area contributed by atoms with E-state index < -0.39 is 11.9 Å². The quantitative estimate of drug-likeness (QED) is 0.689. The number of hydrogen-bond donors (Lipinski definition) is 0. The number of nitrogens with zero attached hydrogens (tertiary/aromatic N) is 6. The van der Waals surface area contributed by atoms with Crippen LogP contribution in [0.4, 0.5) is 24.8 Å². The first kappa shape index (κ1) is 17.3. The Bertz CT molecular complexity index is 1000. The molecule has 0 radical (unpaired) electrons. The summed E-state index contributed by atoms with van der Waals surface area (Å²) in [6, 6.07) is 4.97. The number of rotatable bonds is 3. The lowest BCUT2D eigenvalue weighted by Crippen LogP contribution is -2.47. The van der Waals surface area contributed by atoms with E-state index in [0.717, 1.165) is 23.1 Å². The number of alkyl halides is 3. The fourth-order valence-corrected chi connectivity index (χ4v) is 3.59. The first-order valence-electron chi connectivity index (χ1n) is 9.36. The molecule has 6 nitrogen and oxygen atoms in total. The van der Waals surface area contributed by atoms with Crippen LogP contribution < -0.4 is 9.80 Å². The highest BCUT2D eigenvalue weighted by molar-refractivity contribution is 5.54. The molecule has 9 heteroatoms. The van der Waals surface area contributed by atoms with E-state index in [2.05, 4.69) is 42.7 Å². The second-order valence-electron chi connectivity index (χ2n) is 7.31. The molecule has 1 saturated carbocycles. The molecule has 1 saturated heterocycles. The van der Waals surface area contributed by atoms with Gasteiger partial charge in [0.2, 0.25) is 5.95 Å². The molecular formula is C19H19F3N6. The lowest BCUT2D eigenvalue weighted by molar-refractivity contribution is -0.141. The second kappa shape index (κ2) is 6.35. The number of fused-ring (bicyclic) bond motifs is 1. The zero-order chi connectivity index (χ0) is 19.3. The molecular weight excluding hydrogens is 369 g/mol. The highest BCUT2D eigenvalue weighted by Gasteiger charge is 2.33. The SMILES string of the molecule is FC(F)(F)c1ccnc(N2CCN(c3ccc4nc(C5CC5)cn4c3)CC2)n1. The topological polar surface area (TPSA) is 49.6 Å². The van der Waals surface area contributed by atoms with E-state index in [1.807, 2.05) is 6.07 Å². The van der Waals surface area contributed by atoms with Gasteiger partial charge in [-0.2, -0.15) is 13.2 Å². The van der Waals surface area contributed by atoms with Gasteiger partial charge in [-0.1, -0.05) is 0 Å². The summed E-state index contributed by atoms with van der Waals surface area (Å²) in [5.41, 5.74) is 2.28. The van der Waals surface area contributed by atoms with Gasteiger partial charge in [0.25, 0.3) is 0 Å². The average molecular weight is 388 g/mol. The second-order valence-corrected chi connectivity index (χ2v) is 7.31. The fourth-order valence-electron chi connectivity index (χ4n) is 3.59. The maximum absolute atomic E-state index is 12.9. The van der Waals surface area contributed by atoms with Crippen LogP contribution in [0.2, 0.25) is 0 Å². The van der Waals surface area contributed by atoms with E-state index in [-0.39, 0.29) is 5.95 Å². The molecule has 2 fully saturated rings. The van der Waals surface area contributed by atoms with Crippen LogP contribution in [0.1, 0.15) is 30.1 Å². The van der Waals surface area contributed by atoms with Gasteiger partial charge in [0, 0.05) is 50.7 Å². The monoisotopic (exact) mass is 388 g/mol. The Morgan fingerprint density at radius 3 is 2.36 bits per heavy atom. The Labute approximate surface area is 159 Å². The van der Waals surface area contributed by atoms with Gasteiger partial charge in [0.15, 0.2) is 0 Å². The van der Waals surface area contributed by atoms with Gasteiger partial charge in [-0.05, 0) is 31.0 Å². The van der Waals surface area contributed by atoms with E-state index in [9.17, 15) is 13.2 Å². The number of aromatic nitrogens is 4. The van der Waals surface area contributed by atoms with Crippen molar-refractivity contribution >= 4 is 17.3 Å². The molecule has 0 atom stereocenters. The number of hydrogen-bond acceptors (Lipinski definition) is 5. The van der Waals surface area contributed by atoms with E-state index in [1.54, 1.807) is 4.90 Å². The molecule has 28 heavy (non-hydrogen) atoms. The van der Waals surface area contributed by atoms with Crippen LogP contribution in [-0.4, -0.2) is 45.5 Å². The molecule has 4 heterocycles. The number of anilines is 2. The molecule has 1 aliphatic carbocycles. The Balaban J connectivity index is 1.30. The van der Waals surface area contributed by atoms with E-state index in [4.69, 9.17) is 0 Å². The van der Waals surface area contributed by atoms with E-state index >= 15 is 0 Å². The third-order valence-electron chi connectivity index (χ3n) is 5.31. The van der Waals surface area contributed by atoms with Crippen LogP contribution in [0.5, 0.6) is 0 Å². The summed E-state index contributed by atoms with van der Waals surface area (Å²) in [6.07, 6.45) is 3.32. The summed E-state index contributed by atoms with van der Waals surface area (Å²) in [6.45, 7) is 2.51. The van der Waals surface area contributed by atoms with Crippen molar-refractivity contribution in [2.24, 2.45) is 0 Å². The van der Waals surface area contributed by atoms with Gasteiger partial charge in [-0.15, -0.1) is 0 Å². The maximum atomic E-state index is 12.9. The van der Waals surface area contributed by atoms with Crippen LogP contribution in [0, 0.1) is 0 Å². The molecule has 0 amide bonds. The summed E-state index contributed by atoms with van der Waals surface area (Å²) in [7, 11) is 0. The van der Waals surface area contributed by atoms with Crippen molar-refractivity contribution in [3.05, 3.63) is 48.2 Å². The fraction of sp³-hybridized carbons (Fsp3) is 0.421. The number of imidazole rings is 1. The van der Waals surface area contributed by atoms with Crippen molar-refractivity contribution in [1.82, 2.24) is 19.4 Å². The van der Waals surface area contributed by atoms with Crippen LogP contribution in [0.25, 0.3) is 5.65 Å². The van der Waals surface area contributed by atoms with Crippen LogP contribution in [-0.2, 0) is 6.18 Å². The summed E-state index contributed by atoms with van der Waals surface area (Å²) >= 11 is 0. The van der Waals surface area contributed by atoms with Crippen molar-refractivity contribution in [1.29, 1.82) is 0 Å². The normalized spacial score (nSPS) is 18.1. The van der Waals surface area contributed by atoms with E-state index in [0.29, 0.717) is 32.1 Å². The third-order valence-corrected chi connectivity index (χ3v) is 5.31. The number of halogens is 3. The maximum Gasteiger partial charge on any atom is 0.433 e. The highest BCUT2D eigenvalue weighted by atomic mass is 19.4. The van der Waals surface area contributed by atoms with Crippen molar-refractivity contribution in [3.63, 3.8) is 0 Å². The standard InChI is InChI=1S/C19H19F3N6/c20-19(21,22)16-5-6-23-18(25-16)27-9-7-26(8-10-27)14-3-4-17-24-15(13-1-2-13)12-28(17)11-14/h3-6,11-13H,1-2,7-10H2. The van der Waals surface area contributed by atoms with Crippen molar-refractivity contribution in [2.45, 2.75) is 24.9 Å². The summed E-state index contributed by atoms with van der Waals surface area (Å²) in [5, 5.41) is 0. The molecule has 5 rings (SSSR count). The lowest BCUT2D eigenvalue weighted by Gasteiger charge is -2.36. The molecule has 2 aliphatic rings. The Morgan fingerprint density at radius 1 is 0.893 bits per heavy atom. The summed E-state index contributed by atoms with van der Waals surface area (Å²) < 4.78 is 40.7. The van der Waals surface area contributed by atoms with Crippen molar-refractivity contribution in [3.8, 4) is 0 Å². The predicted molar refractivity (Wildman–Crippen MR) is 98.6 cm³/mol. The lowest BCUT2D eigenvalue weighted by atomic mass is 10.3. The van der Waals surface area contributed by atoms with Crippen LogP contribution >= 0.6 is 0 Å². The summed E-state index contributed by atoms with van der Waals surface area (Å²) in [4.78, 5) is 16.4. The van der Waals surface area contributed by atoms with Gasteiger partial charge in [0.1, 0.15) is 11.3 Å². The predicted octanol–water partition coefficient (Wildman–Crippen LogP) is 3.35. The smallest absolute Gasteiger partial charge is 0.367 e. The minimum absolute atomic E-state index is 0.133. The molecule has 0 bridgehead atoms. The molecule has 3 aromatic rings. The van der Waals surface area contributed by atoms with Gasteiger partial charge in [-0.3, -0.25) is 0 Å². The van der Waals surface area contributed by atoms with Crippen molar-refractivity contribution in [2.75, 3.05) is 36.0 Å². The Kier molecular flexibility index (Phi) is 3.92. The van der Waals surface area contributed by atoms with Crippen LogP contribution in [0.15, 0.2) is 36.8 Å². The first-order chi connectivity index (χ1) is 13.5. The molecule has 3 aromatic heterocycles. The number of pyridine rings is 1. The first-order valence-corrected chi connectivity index (χ1v) is 9.36. The minimum atomic E-state index is -4.46. The van der Waals surface area contributed by atoms with Crippen molar-refractivity contribution < 1.29 is 13.2 Å². The summed E-state index contributed by atoms with van der Waals surface area (Å²) in [5.74, 6) is 0.743. The Morgan fingerprint density at radius 2 is 1.64 bits per heavy atom. The molecule has 0 aromatic carbocycles. The third kappa shape index (κ3) is 3.25. The van der Waals surface area contributed by atoms with E-state index in [1.165, 1.54) is 19.0 Å². The van der Waals surface area contributed by atoms with Gasteiger partial charge < -0.3 is 14.2 Å². The molecule has 1 aliphatic heterocycles. The minimum Gasteiger partial charge on any atom is -0.367 e. The molecule has 146 valence electrons. The molecule has 0 spiro atoms. The van der Waals surface area contributed by atoms with Gasteiger partial charge in [-0.25, -0.2) is 15.0 Å². The molecule has 0 unspecified atom stereocenters. The average Bonchev–Trinajstić information content (AvgIpc) is 3.46. The van der Waals surface area contributed by atoms with Gasteiger partial charge >= 0.3 is 6.18 Å². The Hall–Kier alpha value is -2.84. The zero-order valence-electron chi connectivity index (χ0n) is 15.1. The van der Waals surface area contributed by atoms with Crippen LogP contribution in [0.3, 0.4) is 0 Å². The highest BCUT2D eigenvalue weighted by Crippen LogP contribution is 2.39. The largest absolute Gasteiger partial charge is 0.433 e. The molecule has 0 N–H and O–H groups in total. The van der Waals surface area contributed by atoms with Gasteiger partial charge in [0.05, 0.1) is 11.4 Å². The number of piperazine rings is 1. The zero-order valence-corrected chi connectivity index (χ0v) is 15.1.